The highest BCUT2D eigenvalue weighted by Gasteiger charge is 2.54. The van der Waals surface area contributed by atoms with E-state index in [0.717, 1.165) is 17.0 Å². The molecule has 1 spiro atoms. The maximum absolute atomic E-state index is 6.07. The summed E-state index contributed by atoms with van der Waals surface area (Å²) in [5, 5.41) is 0. The average molecular weight is 307 g/mol. The number of furan rings is 1. The Hall–Kier alpha value is -3.13. The molecule has 0 aliphatic heterocycles. The van der Waals surface area contributed by atoms with E-state index in [1.807, 2.05) is 18.3 Å². The molecule has 0 saturated heterocycles. The second-order valence-corrected chi connectivity index (χ2v) is 6.40. The lowest BCUT2D eigenvalue weighted by molar-refractivity contribution is 0.474. The highest BCUT2D eigenvalue weighted by Crippen LogP contribution is 2.62. The van der Waals surface area contributed by atoms with Crippen molar-refractivity contribution in [2.75, 3.05) is 0 Å². The van der Waals surface area contributed by atoms with E-state index in [2.05, 4.69) is 59.6 Å². The molecule has 2 aliphatic carbocycles. The number of hydrogen-bond donors (Lipinski definition) is 0. The highest BCUT2D eigenvalue weighted by atomic mass is 16.3. The molecule has 0 amide bonds. The van der Waals surface area contributed by atoms with E-state index < -0.39 is 0 Å². The fourth-order valence-electron chi connectivity index (χ4n) is 4.60. The number of nitrogens with zero attached hydrogens (tertiary/aromatic N) is 1. The Morgan fingerprint density at radius 1 is 0.667 bits per heavy atom. The molecule has 0 saturated carbocycles. The summed E-state index contributed by atoms with van der Waals surface area (Å²) in [7, 11) is 0. The first kappa shape index (κ1) is 12.3. The topological polar surface area (TPSA) is 26.0 Å². The molecule has 0 unspecified atom stereocenters. The molecule has 6 rings (SSSR count). The molecular weight excluding hydrogens is 294 g/mol. The molecular formula is C22H13NO. The first-order valence-corrected chi connectivity index (χ1v) is 8.15. The molecule has 2 aromatic heterocycles. The maximum Gasteiger partial charge on any atom is 0.132 e. The molecule has 2 heteroatoms. The van der Waals surface area contributed by atoms with Crippen LogP contribution in [-0.2, 0) is 5.41 Å². The van der Waals surface area contributed by atoms with E-state index in [-0.39, 0.29) is 5.41 Å². The van der Waals surface area contributed by atoms with Crippen LogP contribution in [0.15, 0.2) is 83.6 Å². The van der Waals surface area contributed by atoms with Crippen LogP contribution in [0.25, 0.3) is 22.4 Å². The molecule has 4 aromatic rings. The van der Waals surface area contributed by atoms with Crippen molar-refractivity contribution in [3.05, 3.63) is 102 Å². The Labute approximate surface area is 139 Å². The van der Waals surface area contributed by atoms with Crippen molar-refractivity contribution in [2.24, 2.45) is 0 Å². The summed E-state index contributed by atoms with van der Waals surface area (Å²) in [6, 6.07) is 23.6. The molecule has 0 bridgehead atoms. The van der Waals surface area contributed by atoms with Gasteiger partial charge in [0.15, 0.2) is 0 Å². The van der Waals surface area contributed by atoms with Crippen molar-refractivity contribution in [3.8, 4) is 22.4 Å². The number of hydrogen-bond acceptors (Lipinski definition) is 2. The van der Waals surface area contributed by atoms with Crippen molar-refractivity contribution in [3.63, 3.8) is 0 Å². The maximum atomic E-state index is 6.07. The fourth-order valence-corrected chi connectivity index (χ4v) is 4.60. The van der Waals surface area contributed by atoms with Crippen LogP contribution in [-0.4, -0.2) is 4.98 Å². The molecule has 0 atom stereocenters. The summed E-state index contributed by atoms with van der Waals surface area (Å²) in [4.78, 5) is 4.68. The molecule has 2 heterocycles. The number of pyridine rings is 1. The lowest BCUT2D eigenvalue weighted by Crippen LogP contribution is -2.25. The number of aromatic nitrogens is 1. The number of rotatable bonds is 0. The standard InChI is InChI=1S/C22H13NO/c1-3-8-17-14(6-1)15-7-2-4-9-18(15)22(17)19-10-5-12-23-20(19)16-11-13-24-21(16)22/h1-13H. The molecule has 0 fully saturated rings. The van der Waals surface area contributed by atoms with Gasteiger partial charge < -0.3 is 4.42 Å². The number of fused-ring (bicyclic) bond motifs is 10. The van der Waals surface area contributed by atoms with E-state index in [9.17, 15) is 0 Å². The van der Waals surface area contributed by atoms with E-state index in [4.69, 9.17) is 4.42 Å². The second-order valence-electron chi connectivity index (χ2n) is 6.40. The summed E-state index contributed by atoms with van der Waals surface area (Å²) in [6.07, 6.45) is 3.65. The van der Waals surface area contributed by atoms with Gasteiger partial charge in [-0.15, -0.1) is 0 Å². The van der Waals surface area contributed by atoms with Crippen LogP contribution in [0.1, 0.15) is 22.5 Å². The Balaban J connectivity index is 1.89. The molecule has 24 heavy (non-hydrogen) atoms. The summed E-state index contributed by atoms with van der Waals surface area (Å²) < 4.78 is 6.07. The van der Waals surface area contributed by atoms with E-state index >= 15 is 0 Å². The Bertz CT molecular complexity index is 1080. The van der Waals surface area contributed by atoms with Gasteiger partial charge in [-0.05, 0) is 34.4 Å². The van der Waals surface area contributed by atoms with Gasteiger partial charge in [-0.3, -0.25) is 4.98 Å². The van der Waals surface area contributed by atoms with E-state index in [0.29, 0.717) is 0 Å². The van der Waals surface area contributed by atoms with E-state index in [1.165, 1.54) is 27.8 Å². The van der Waals surface area contributed by atoms with Crippen molar-refractivity contribution < 1.29 is 4.42 Å². The van der Waals surface area contributed by atoms with Gasteiger partial charge >= 0.3 is 0 Å². The SMILES string of the molecule is c1ccc2c(c1)-c1ccccc1C21c2cccnc2-c2ccoc21. The van der Waals surface area contributed by atoms with Crippen molar-refractivity contribution in [1.82, 2.24) is 4.98 Å². The van der Waals surface area contributed by atoms with Crippen LogP contribution < -0.4 is 0 Å². The lowest BCUT2D eigenvalue weighted by Gasteiger charge is -2.27. The first-order valence-electron chi connectivity index (χ1n) is 8.15. The van der Waals surface area contributed by atoms with Gasteiger partial charge in [-0.1, -0.05) is 54.6 Å². The van der Waals surface area contributed by atoms with E-state index in [1.54, 1.807) is 6.26 Å². The Morgan fingerprint density at radius 2 is 1.33 bits per heavy atom. The van der Waals surface area contributed by atoms with Crippen LogP contribution >= 0.6 is 0 Å². The lowest BCUT2D eigenvalue weighted by atomic mass is 9.73. The van der Waals surface area contributed by atoms with Crippen molar-refractivity contribution in [1.29, 1.82) is 0 Å². The Kier molecular flexibility index (Phi) is 2.07. The normalized spacial score (nSPS) is 15.0. The third kappa shape index (κ3) is 1.17. The van der Waals surface area contributed by atoms with Gasteiger partial charge in [0.25, 0.3) is 0 Å². The minimum absolute atomic E-state index is 0.379. The summed E-state index contributed by atoms with van der Waals surface area (Å²) >= 11 is 0. The minimum Gasteiger partial charge on any atom is -0.467 e. The van der Waals surface area contributed by atoms with Crippen LogP contribution in [0, 0.1) is 0 Å². The molecule has 0 N–H and O–H groups in total. The quantitative estimate of drug-likeness (QED) is 0.394. The monoisotopic (exact) mass is 307 g/mol. The molecule has 2 aromatic carbocycles. The molecule has 112 valence electrons. The number of benzene rings is 2. The summed E-state index contributed by atoms with van der Waals surface area (Å²) in [6.45, 7) is 0. The first-order chi connectivity index (χ1) is 11.9. The minimum atomic E-state index is -0.379. The van der Waals surface area contributed by atoms with Gasteiger partial charge in [0.1, 0.15) is 11.2 Å². The van der Waals surface area contributed by atoms with Crippen LogP contribution in [0.2, 0.25) is 0 Å². The Morgan fingerprint density at radius 3 is 2.08 bits per heavy atom. The summed E-state index contributed by atoms with van der Waals surface area (Å²) in [5.74, 6) is 0.994. The summed E-state index contributed by atoms with van der Waals surface area (Å²) in [5.41, 5.74) is 8.12. The average Bonchev–Trinajstić information content (AvgIpc) is 3.30. The smallest absolute Gasteiger partial charge is 0.132 e. The van der Waals surface area contributed by atoms with Gasteiger partial charge in [0.2, 0.25) is 0 Å². The second kappa shape index (κ2) is 4.04. The third-order valence-electron chi connectivity index (χ3n) is 5.42. The molecule has 0 radical (unpaired) electrons. The molecule has 2 nitrogen and oxygen atoms in total. The van der Waals surface area contributed by atoms with Gasteiger partial charge in [-0.25, -0.2) is 0 Å². The van der Waals surface area contributed by atoms with Crippen molar-refractivity contribution >= 4 is 0 Å². The zero-order valence-corrected chi connectivity index (χ0v) is 12.9. The van der Waals surface area contributed by atoms with Gasteiger partial charge in [-0.2, -0.15) is 0 Å². The molecule has 2 aliphatic rings. The predicted molar refractivity (Wildman–Crippen MR) is 92.8 cm³/mol. The zero-order valence-electron chi connectivity index (χ0n) is 12.9. The van der Waals surface area contributed by atoms with Crippen molar-refractivity contribution in [2.45, 2.75) is 5.41 Å². The zero-order chi connectivity index (χ0) is 15.7. The van der Waals surface area contributed by atoms with Gasteiger partial charge in [0.05, 0.1) is 12.0 Å². The van der Waals surface area contributed by atoms with Crippen LogP contribution in [0.3, 0.4) is 0 Å². The van der Waals surface area contributed by atoms with Crippen LogP contribution in [0.5, 0.6) is 0 Å². The highest BCUT2D eigenvalue weighted by molar-refractivity contribution is 5.92. The fraction of sp³-hybridized carbons (Fsp3) is 0.0455. The third-order valence-corrected chi connectivity index (χ3v) is 5.42. The predicted octanol–water partition coefficient (Wildman–Crippen LogP) is 5.02. The van der Waals surface area contributed by atoms with Gasteiger partial charge in [0, 0.05) is 17.3 Å². The van der Waals surface area contributed by atoms with Crippen LogP contribution in [0.4, 0.5) is 0 Å². The largest absolute Gasteiger partial charge is 0.467 e.